The third kappa shape index (κ3) is 4.13. The summed E-state index contributed by atoms with van der Waals surface area (Å²) in [7, 11) is 0. The van der Waals surface area contributed by atoms with Gasteiger partial charge in [-0.15, -0.1) is 0 Å². The quantitative estimate of drug-likeness (QED) is 0.794. The maximum Gasteiger partial charge on any atom is 0.230 e. The number of rotatable bonds is 7. The van der Waals surface area contributed by atoms with E-state index in [9.17, 15) is 4.79 Å². The molecule has 0 saturated carbocycles. The van der Waals surface area contributed by atoms with Crippen molar-refractivity contribution >= 4 is 17.7 Å². The number of nitrogens with one attached hydrogen (secondary N) is 1. The molecule has 5 heteroatoms. The number of hydrogen-bond acceptors (Lipinski definition) is 3. The molecule has 2 aromatic rings. The molecule has 2 rings (SSSR count). The molecule has 0 atom stereocenters. The standard InChI is InChI=1S/C17H23N3OS/c1-4-9-18-16(21)12-22-17-19-10-11-20(17)15-8-6-5-7-14(15)13(2)3/h5-8,10-11,13H,4,9,12H2,1-3H3,(H,18,21). The third-order valence-corrected chi connectivity index (χ3v) is 4.30. The van der Waals surface area contributed by atoms with E-state index in [0.717, 1.165) is 23.8 Å². The number of thioether (sulfide) groups is 1. The van der Waals surface area contributed by atoms with E-state index in [1.165, 1.54) is 17.3 Å². The van der Waals surface area contributed by atoms with Crippen LogP contribution in [0.2, 0.25) is 0 Å². The number of amides is 1. The average Bonchev–Trinajstić information content (AvgIpc) is 2.99. The number of benzene rings is 1. The van der Waals surface area contributed by atoms with Gasteiger partial charge in [0.2, 0.25) is 5.91 Å². The summed E-state index contributed by atoms with van der Waals surface area (Å²) in [4.78, 5) is 16.1. The number of imidazole rings is 1. The smallest absolute Gasteiger partial charge is 0.230 e. The number of aromatic nitrogens is 2. The minimum Gasteiger partial charge on any atom is -0.355 e. The maximum atomic E-state index is 11.8. The van der Waals surface area contributed by atoms with Gasteiger partial charge < -0.3 is 5.32 Å². The summed E-state index contributed by atoms with van der Waals surface area (Å²) in [5, 5.41) is 3.73. The van der Waals surface area contributed by atoms with Crippen molar-refractivity contribution in [2.24, 2.45) is 0 Å². The summed E-state index contributed by atoms with van der Waals surface area (Å²) in [5.74, 6) is 0.878. The van der Waals surface area contributed by atoms with Crippen LogP contribution in [-0.4, -0.2) is 27.8 Å². The molecule has 0 aliphatic carbocycles. The lowest BCUT2D eigenvalue weighted by Crippen LogP contribution is -2.25. The molecule has 0 bridgehead atoms. The molecule has 118 valence electrons. The van der Waals surface area contributed by atoms with Gasteiger partial charge in [-0.1, -0.05) is 50.7 Å². The fraction of sp³-hybridized carbons (Fsp3) is 0.412. The predicted octanol–water partition coefficient (Wildman–Crippen LogP) is 3.61. The molecule has 1 amide bonds. The molecule has 1 heterocycles. The summed E-state index contributed by atoms with van der Waals surface area (Å²) in [6.45, 7) is 7.13. The summed E-state index contributed by atoms with van der Waals surface area (Å²) >= 11 is 1.47. The topological polar surface area (TPSA) is 46.9 Å². The third-order valence-electron chi connectivity index (χ3n) is 3.33. The van der Waals surface area contributed by atoms with E-state index < -0.39 is 0 Å². The van der Waals surface area contributed by atoms with Crippen LogP contribution in [0.5, 0.6) is 0 Å². The first kappa shape index (κ1) is 16.6. The van der Waals surface area contributed by atoms with Crippen LogP contribution < -0.4 is 5.32 Å². The van der Waals surface area contributed by atoms with Gasteiger partial charge in [0.15, 0.2) is 5.16 Å². The summed E-state index contributed by atoms with van der Waals surface area (Å²) in [5.41, 5.74) is 2.41. The fourth-order valence-electron chi connectivity index (χ4n) is 2.22. The molecule has 0 aliphatic heterocycles. The van der Waals surface area contributed by atoms with Gasteiger partial charge in [0, 0.05) is 18.9 Å². The zero-order valence-corrected chi connectivity index (χ0v) is 14.2. The second-order valence-electron chi connectivity index (χ2n) is 5.43. The first-order valence-corrected chi connectivity index (χ1v) is 8.64. The van der Waals surface area contributed by atoms with Gasteiger partial charge in [-0.2, -0.15) is 0 Å². The van der Waals surface area contributed by atoms with Gasteiger partial charge in [-0.3, -0.25) is 9.36 Å². The largest absolute Gasteiger partial charge is 0.355 e. The lowest BCUT2D eigenvalue weighted by Gasteiger charge is -2.15. The number of para-hydroxylation sites is 1. The number of nitrogens with zero attached hydrogens (tertiary/aromatic N) is 2. The van der Waals surface area contributed by atoms with E-state index in [1.807, 2.05) is 19.2 Å². The molecule has 0 fully saturated rings. The Labute approximate surface area is 136 Å². The van der Waals surface area contributed by atoms with E-state index in [4.69, 9.17) is 0 Å². The monoisotopic (exact) mass is 317 g/mol. The molecular formula is C17H23N3OS. The number of carbonyl (C=O) groups excluding carboxylic acids is 1. The number of carbonyl (C=O) groups is 1. The Morgan fingerprint density at radius 2 is 2.14 bits per heavy atom. The normalized spacial score (nSPS) is 10.9. The van der Waals surface area contributed by atoms with Gasteiger partial charge >= 0.3 is 0 Å². The number of hydrogen-bond donors (Lipinski definition) is 1. The van der Waals surface area contributed by atoms with Crippen LogP contribution in [0.25, 0.3) is 5.69 Å². The summed E-state index contributed by atoms with van der Waals surface area (Å²) < 4.78 is 2.06. The predicted molar refractivity (Wildman–Crippen MR) is 91.7 cm³/mol. The minimum absolute atomic E-state index is 0.0542. The van der Waals surface area contributed by atoms with E-state index in [0.29, 0.717) is 11.7 Å². The van der Waals surface area contributed by atoms with Gasteiger partial charge in [0.05, 0.1) is 11.4 Å². The second kappa shape index (κ2) is 8.03. The molecule has 0 aliphatic rings. The first-order chi connectivity index (χ1) is 10.6. The first-order valence-electron chi connectivity index (χ1n) is 7.65. The van der Waals surface area contributed by atoms with Gasteiger partial charge in [0.25, 0.3) is 0 Å². The van der Waals surface area contributed by atoms with Gasteiger partial charge in [0.1, 0.15) is 0 Å². The molecule has 0 saturated heterocycles. The Morgan fingerprint density at radius 1 is 1.36 bits per heavy atom. The molecule has 1 aromatic heterocycles. The van der Waals surface area contributed by atoms with Crippen molar-refractivity contribution in [3.8, 4) is 5.69 Å². The molecule has 1 aromatic carbocycles. The van der Waals surface area contributed by atoms with Crippen molar-refractivity contribution in [1.82, 2.24) is 14.9 Å². The molecular weight excluding hydrogens is 294 g/mol. The van der Waals surface area contributed by atoms with Crippen molar-refractivity contribution in [3.05, 3.63) is 42.2 Å². The van der Waals surface area contributed by atoms with Crippen molar-refractivity contribution < 1.29 is 4.79 Å². The van der Waals surface area contributed by atoms with E-state index in [-0.39, 0.29) is 5.91 Å². The Hall–Kier alpha value is -1.75. The van der Waals surface area contributed by atoms with Crippen LogP contribution >= 0.6 is 11.8 Å². The lowest BCUT2D eigenvalue weighted by atomic mass is 10.0. The fourth-order valence-corrected chi connectivity index (χ4v) is 3.02. The summed E-state index contributed by atoms with van der Waals surface area (Å²) in [6.07, 6.45) is 4.68. The van der Waals surface area contributed by atoms with Crippen LogP contribution in [0.3, 0.4) is 0 Å². The van der Waals surface area contributed by atoms with E-state index in [2.05, 4.69) is 46.9 Å². The zero-order valence-electron chi connectivity index (χ0n) is 13.4. The Morgan fingerprint density at radius 3 is 2.86 bits per heavy atom. The maximum absolute atomic E-state index is 11.8. The SMILES string of the molecule is CCCNC(=O)CSc1nccn1-c1ccccc1C(C)C. The molecule has 0 unspecified atom stereocenters. The highest BCUT2D eigenvalue weighted by Gasteiger charge is 2.12. The van der Waals surface area contributed by atoms with Gasteiger partial charge in [-0.25, -0.2) is 4.98 Å². The van der Waals surface area contributed by atoms with Crippen LogP contribution in [-0.2, 0) is 4.79 Å². The van der Waals surface area contributed by atoms with Crippen molar-refractivity contribution in [1.29, 1.82) is 0 Å². The van der Waals surface area contributed by atoms with Crippen LogP contribution in [0.15, 0.2) is 41.8 Å². The molecule has 0 radical (unpaired) electrons. The zero-order chi connectivity index (χ0) is 15.9. The van der Waals surface area contributed by atoms with Crippen molar-refractivity contribution in [3.63, 3.8) is 0 Å². The van der Waals surface area contributed by atoms with Crippen LogP contribution in [0, 0.1) is 0 Å². The van der Waals surface area contributed by atoms with Crippen molar-refractivity contribution in [2.75, 3.05) is 12.3 Å². The minimum atomic E-state index is 0.0542. The molecule has 0 spiro atoms. The van der Waals surface area contributed by atoms with Crippen LogP contribution in [0.4, 0.5) is 0 Å². The second-order valence-corrected chi connectivity index (χ2v) is 6.37. The highest BCUT2D eigenvalue weighted by atomic mass is 32.2. The van der Waals surface area contributed by atoms with Gasteiger partial charge in [-0.05, 0) is 24.0 Å². The Bertz CT molecular complexity index is 622. The van der Waals surface area contributed by atoms with Crippen LogP contribution in [0.1, 0.15) is 38.7 Å². The Kier molecular flexibility index (Phi) is 6.07. The van der Waals surface area contributed by atoms with E-state index >= 15 is 0 Å². The van der Waals surface area contributed by atoms with Crippen molar-refractivity contribution in [2.45, 2.75) is 38.3 Å². The molecule has 4 nitrogen and oxygen atoms in total. The molecule has 22 heavy (non-hydrogen) atoms. The highest BCUT2D eigenvalue weighted by Crippen LogP contribution is 2.26. The average molecular weight is 317 g/mol. The highest BCUT2D eigenvalue weighted by molar-refractivity contribution is 7.99. The van der Waals surface area contributed by atoms with E-state index in [1.54, 1.807) is 6.20 Å². The summed E-state index contributed by atoms with van der Waals surface area (Å²) in [6, 6.07) is 8.32. The Balaban J connectivity index is 2.15. The lowest BCUT2D eigenvalue weighted by molar-refractivity contribution is -0.118. The molecule has 1 N–H and O–H groups in total.